The second-order valence-electron chi connectivity index (χ2n) is 6.78. The van der Waals surface area contributed by atoms with Crippen molar-refractivity contribution in [3.63, 3.8) is 0 Å². The molecule has 1 aliphatic rings. The molecule has 2 N–H and O–H groups in total. The van der Waals surface area contributed by atoms with Crippen molar-refractivity contribution in [2.45, 2.75) is 26.7 Å². The van der Waals surface area contributed by atoms with E-state index in [-0.39, 0.29) is 23.7 Å². The van der Waals surface area contributed by atoms with Gasteiger partial charge in [0.2, 0.25) is 11.8 Å². The second kappa shape index (κ2) is 7.51. The largest absolute Gasteiger partial charge is 0.356 e. The summed E-state index contributed by atoms with van der Waals surface area (Å²) in [4.78, 5) is 24.6. The SMILES string of the molecule is Cc1ccc(C)c(NC(=O)C2CC2C(=O)NCCc2ccccc2)c1. The van der Waals surface area contributed by atoms with Gasteiger partial charge in [-0.15, -0.1) is 0 Å². The molecule has 3 rings (SSSR count). The molecule has 0 aromatic heterocycles. The van der Waals surface area contributed by atoms with Crippen LogP contribution < -0.4 is 10.6 Å². The van der Waals surface area contributed by atoms with Crippen molar-refractivity contribution in [2.24, 2.45) is 11.8 Å². The van der Waals surface area contributed by atoms with Crippen molar-refractivity contribution < 1.29 is 9.59 Å². The van der Waals surface area contributed by atoms with E-state index in [1.165, 1.54) is 5.56 Å². The van der Waals surface area contributed by atoms with E-state index >= 15 is 0 Å². The van der Waals surface area contributed by atoms with Gasteiger partial charge < -0.3 is 10.6 Å². The molecule has 1 aliphatic carbocycles. The van der Waals surface area contributed by atoms with Gasteiger partial charge in [-0.25, -0.2) is 0 Å². The highest BCUT2D eigenvalue weighted by atomic mass is 16.2. The zero-order valence-electron chi connectivity index (χ0n) is 14.7. The van der Waals surface area contributed by atoms with E-state index in [4.69, 9.17) is 0 Å². The number of hydrogen-bond donors (Lipinski definition) is 2. The molecule has 130 valence electrons. The molecule has 2 amide bonds. The number of carbonyl (C=O) groups excluding carboxylic acids is 2. The zero-order valence-corrected chi connectivity index (χ0v) is 14.7. The first-order valence-electron chi connectivity index (χ1n) is 8.74. The van der Waals surface area contributed by atoms with Crippen LogP contribution >= 0.6 is 0 Å². The van der Waals surface area contributed by atoms with Crippen molar-refractivity contribution in [3.8, 4) is 0 Å². The maximum Gasteiger partial charge on any atom is 0.228 e. The third-order valence-electron chi connectivity index (χ3n) is 4.67. The Bertz CT molecular complexity index is 771. The van der Waals surface area contributed by atoms with Gasteiger partial charge in [0, 0.05) is 12.2 Å². The number of carbonyl (C=O) groups is 2. The molecule has 0 aliphatic heterocycles. The molecule has 0 saturated heterocycles. The quantitative estimate of drug-likeness (QED) is 0.851. The summed E-state index contributed by atoms with van der Waals surface area (Å²) in [7, 11) is 0. The molecule has 2 aromatic carbocycles. The van der Waals surface area contributed by atoms with Gasteiger partial charge in [-0.05, 0) is 49.4 Å². The molecule has 1 saturated carbocycles. The molecule has 2 atom stereocenters. The minimum Gasteiger partial charge on any atom is -0.356 e. The van der Waals surface area contributed by atoms with Crippen molar-refractivity contribution in [2.75, 3.05) is 11.9 Å². The minimum absolute atomic E-state index is 0.0166. The van der Waals surface area contributed by atoms with Crippen LogP contribution in [-0.4, -0.2) is 18.4 Å². The Kier molecular flexibility index (Phi) is 5.17. The zero-order chi connectivity index (χ0) is 17.8. The topological polar surface area (TPSA) is 58.2 Å². The first-order valence-corrected chi connectivity index (χ1v) is 8.74. The van der Waals surface area contributed by atoms with E-state index < -0.39 is 0 Å². The monoisotopic (exact) mass is 336 g/mol. The van der Waals surface area contributed by atoms with E-state index in [2.05, 4.69) is 10.6 Å². The summed E-state index contributed by atoms with van der Waals surface area (Å²) in [6, 6.07) is 16.0. The van der Waals surface area contributed by atoms with Gasteiger partial charge in [0.25, 0.3) is 0 Å². The highest BCUT2D eigenvalue weighted by Crippen LogP contribution is 2.39. The molecule has 4 nitrogen and oxygen atoms in total. The standard InChI is InChI=1S/C21H24N2O2/c1-14-8-9-15(2)19(12-14)23-21(25)18-13-17(18)20(24)22-11-10-16-6-4-3-5-7-16/h3-9,12,17-18H,10-11,13H2,1-2H3,(H,22,24)(H,23,25). The lowest BCUT2D eigenvalue weighted by atomic mass is 10.1. The highest BCUT2D eigenvalue weighted by molar-refractivity contribution is 5.99. The number of anilines is 1. The molecule has 4 heteroatoms. The van der Waals surface area contributed by atoms with Crippen LogP contribution in [0.5, 0.6) is 0 Å². The molecular formula is C21H24N2O2. The Morgan fingerprint density at radius 3 is 2.48 bits per heavy atom. The second-order valence-corrected chi connectivity index (χ2v) is 6.78. The first-order chi connectivity index (χ1) is 12.0. The van der Waals surface area contributed by atoms with Crippen LogP contribution in [0.2, 0.25) is 0 Å². The summed E-state index contributed by atoms with van der Waals surface area (Å²) in [5.74, 6) is -0.480. The highest BCUT2D eigenvalue weighted by Gasteiger charge is 2.47. The van der Waals surface area contributed by atoms with Gasteiger partial charge in [0.15, 0.2) is 0 Å². The molecule has 25 heavy (non-hydrogen) atoms. The number of rotatable bonds is 6. The van der Waals surface area contributed by atoms with Crippen LogP contribution in [-0.2, 0) is 16.0 Å². The Hall–Kier alpha value is -2.62. The Morgan fingerprint density at radius 2 is 1.72 bits per heavy atom. The molecule has 0 heterocycles. The third kappa shape index (κ3) is 4.47. The Balaban J connectivity index is 1.46. The summed E-state index contributed by atoms with van der Waals surface area (Å²) >= 11 is 0. The van der Waals surface area contributed by atoms with E-state index in [1.807, 2.05) is 62.4 Å². The summed E-state index contributed by atoms with van der Waals surface area (Å²) < 4.78 is 0. The smallest absolute Gasteiger partial charge is 0.228 e. The summed E-state index contributed by atoms with van der Waals surface area (Å²) in [6.07, 6.45) is 1.44. The number of benzene rings is 2. The fourth-order valence-corrected chi connectivity index (χ4v) is 2.98. The molecule has 2 aromatic rings. The van der Waals surface area contributed by atoms with Crippen LogP contribution in [0, 0.1) is 25.7 Å². The van der Waals surface area contributed by atoms with Crippen molar-refractivity contribution in [3.05, 3.63) is 65.2 Å². The molecular weight excluding hydrogens is 312 g/mol. The molecule has 0 spiro atoms. The third-order valence-corrected chi connectivity index (χ3v) is 4.67. The number of amides is 2. The van der Waals surface area contributed by atoms with Crippen molar-refractivity contribution >= 4 is 17.5 Å². The Morgan fingerprint density at radius 1 is 1.00 bits per heavy atom. The minimum atomic E-state index is -0.211. The number of nitrogens with one attached hydrogen (secondary N) is 2. The first kappa shape index (κ1) is 17.2. The normalized spacial score (nSPS) is 18.5. The average Bonchev–Trinajstić information content (AvgIpc) is 3.40. The summed E-state index contributed by atoms with van der Waals surface area (Å²) in [5, 5.41) is 5.90. The maximum atomic E-state index is 12.4. The van der Waals surface area contributed by atoms with Crippen molar-refractivity contribution in [1.82, 2.24) is 5.32 Å². The predicted molar refractivity (Wildman–Crippen MR) is 99.3 cm³/mol. The fraction of sp³-hybridized carbons (Fsp3) is 0.333. The summed E-state index contributed by atoms with van der Waals surface area (Å²) in [6.45, 7) is 4.57. The lowest BCUT2D eigenvalue weighted by Crippen LogP contribution is -2.29. The van der Waals surface area contributed by atoms with Gasteiger partial charge in [-0.2, -0.15) is 0 Å². The lowest BCUT2D eigenvalue weighted by Gasteiger charge is -2.09. The lowest BCUT2D eigenvalue weighted by molar-refractivity contribution is -0.125. The summed E-state index contributed by atoms with van der Waals surface area (Å²) in [5.41, 5.74) is 4.17. The van der Waals surface area contributed by atoms with E-state index in [9.17, 15) is 9.59 Å². The van der Waals surface area contributed by atoms with Gasteiger partial charge in [-0.1, -0.05) is 42.5 Å². The predicted octanol–water partition coefficient (Wildman–Crippen LogP) is 3.24. The van der Waals surface area contributed by atoms with Crippen molar-refractivity contribution in [1.29, 1.82) is 0 Å². The Labute approximate surface area is 148 Å². The van der Waals surface area contributed by atoms with Crippen LogP contribution in [0.1, 0.15) is 23.1 Å². The van der Waals surface area contributed by atoms with E-state index in [0.29, 0.717) is 13.0 Å². The fourth-order valence-electron chi connectivity index (χ4n) is 2.98. The van der Waals surface area contributed by atoms with Crippen LogP contribution in [0.25, 0.3) is 0 Å². The van der Waals surface area contributed by atoms with Gasteiger partial charge in [0.05, 0.1) is 11.8 Å². The van der Waals surface area contributed by atoms with Gasteiger partial charge >= 0.3 is 0 Å². The van der Waals surface area contributed by atoms with Gasteiger partial charge in [-0.3, -0.25) is 9.59 Å². The van der Waals surface area contributed by atoms with E-state index in [0.717, 1.165) is 23.2 Å². The van der Waals surface area contributed by atoms with Crippen LogP contribution in [0.4, 0.5) is 5.69 Å². The molecule has 2 unspecified atom stereocenters. The van der Waals surface area contributed by atoms with Crippen LogP contribution in [0.3, 0.4) is 0 Å². The molecule has 0 radical (unpaired) electrons. The maximum absolute atomic E-state index is 12.4. The number of hydrogen-bond acceptors (Lipinski definition) is 2. The number of aryl methyl sites for hydroxylation is 2. The average molecular weight is 336 g/mol. The molecule has 0 bridgehead atoms. The van der Waals surface area contributed by atoms with Crippen LogP contribution in [0.15, 0.2) is 48.5 Å². The molecule has 1 fully saturated rings. The van der Waals surface area contributed by atoms with E-state index in [1.54, 1.807) is 0 Å². The van der Waals surface area contributed by atoms with Gasteiger partial charge in [0.1, 0.15) is 0 Å².